The lowest BCUT2D eigenvalue weighted by Gasteiger charge is -2.22. The number of carbonyl (C=O) groups is 4. The van der Waals surface area contributed by atoms with Gasteiger partial charge in [0, 0.05) is 13.1 Å². The molecule has 20 heavy (non-hydrogen) atoms. The van der Waals surface area contributed by atoms with Crippen LogP contribution in [0.1, 0.15) is 27.2 Å². The monoisotopic (exact) mass is 285 g/mol. The summed E-state index contributed by atoms with van der Waals surface area (Å²) in [5, 5.41) is 11.1. The number of hydrogen-bond donors (Lipinski definition) is 2. The second-order valence-corrected chi connectivity index (χ2v) is 5.06. The van der Waals surface area contributed by atoms with Crippen LogP contribution in [0.5, 0.6) is 0 Å². The molecule has 0 aliphatic carbocycles. The predicted molar refractivity (Wildman–Crippen MR) is 68.8 cm³/mol. The Balaban J connectivity index is 2.67. The van der Waals surface area contributed by atoms with Gasteiger partial charge >= 0.3 is 12.0 Å². The lowest BCUT2D eigenvalue weighted by atomic mass is 10.1. The van der Waals surface area contributed by atoms with E-state index in [-0.39, 0.29) is 19.5 Å². The Morgan fingerprint density at radius 2 is 1.95 bits per heavy atom. The van der Waals surface area contributed by atoms with Crippen LogP contribution in [0.15, 0.2) is 0 Å². The fourth-order valence-electron chi connectivity index (χ4n) is 1.89. The minimum Gasteiger partial charge on any atom is -0.481 e. The zero-order valence-corrected chi connectivity index (χ0v) is 11.8. The Bertz CT molecular complexity index is 446. The van der Waals surface area contributed by atoms with E-state index in [9.17, 15) is 19.2 Å². The number of carbonyl (C=O) groups excluding carboxylic acids is 3. The van der Waals surface area contributed by atoms with E-state index < -0.39 is 29.4 Å². The van der Waals surface area contributed by atoms with Crippen LogP contribution >= 0.6 is 0 Å². The lowest BCUT2D eigenvalue weighted by Crippen LogP contribution is -2.45. The maximum absolute atomic E-state index is 12.0. The molecule has 112 valence electrons. The third-order valence-corrected chi connectivity index (χ3v) is 3.07. The third kappa shape index (κ3) is 3.46. The average molecular weight is 285 g/mol. The highest BCUT2D eigenvalue weighted by atomic mass is 16.4. The second kappa shape index (κ2) is 5.89. The number of carboxylic acids is 1. The summed E-state index contributed by atoms with van der Waals surface area (Å²) in [4.78, 5) is 48.2. The predicted octanol–water partition coefficient (Wildman–Crippen LogP) is -0.360. The molecule has 8 heteroatoms. The molecule has 0 atom stereocenters. The van der Waals surface area contributed by atoms with Crippen LogP contribution < -0.4 is 5.32 Å². The van der Waals surface area contributed by atoms with Crippen LogP contribution in [0.25, 0.3) is 0 Å². The van der Waals surface area contributed by atoms with Gasteiger partial charge in [-0.1, -0.05) is 0 Å². The van der Waals surface area contributed by atoms with E-state index in [1.807, 2.05) is 0 Å². The maximum Gasteiger partial charge on any atom is 0.325 e. The Labute approximate surface area is 116 Å². The lowest BCUT2D eigenvalue weighted by molar-refractivity contribution is -0.141. The molecule has 1 aliphatic rings. The van der Waals surface area contributed by atoms with Crippen molar-refractivity contribution >= 4 is 23.8 Å². The highest BCUT2D eigenvalue weighted by Crippen LogP contribution is 2.16. The molecule has 0 bridgehead atoms. The van der Waals surface area contributed by atoms with Crippen LogP contribution in [-0.4, -0.2) is 63.9 Å². The summed E-state index contributed by atoms with van der Waals surface area (Å²) in [6.45, 7) is 4.81. The molecule has 2 N–H and O–H groups in total. The average Bonchev–Trinajstić information content (AvgIpc) is 2.52. The molecule has 0 spiro atoms. The zero-order chi connectivity index (χ0) is 15.5. The van der Waals surface area contributed by atoms with Gasteiger partial charge in [-0.15, -0.1) is 0 Å². The molecule has 0 unspecified atom stereocenters. The highest BCUT2D eigenvalue weighted by Gasteiger charge is 2.45. The van der Waals surface area contributed by atoms with Crippen LogP contribution in [0.2, 0.25) is 0 Å². The topological polar surface area (TPSA) is 107 Å². The Morgan fingerprint density at radius 1 is 1.35 bits per heavy atom. The van der Waals surface area contributed by atoms with Crippen molar-refractivity contribution < 1.29 is 24.3 Å². The van der Waals surface area contributed by atoms with Gasteiger partial charge in [0.2, 0.25) is 5.91 Å². The van der Waals surface area contributed by atoms with E-state index in [4.69, 9.17) is 5.11 Å². The number of rotatable bonds is 6. The molecule has 8 nitrogen and oxygen atoms in total. The van der Waals surface area contributed by atoms with Crippen LogP contribution in [0.4, 0.5) is 4.79 Å². The van der Waals surface area contributed by atoms with E-state index in [0.29, 0.717) is 6.54 Å². The van der Waals surface area contributed by atoms with Crippen molar-refractivity contribution in [1.29, 1.82) is 0 Å². The number of amides is 4. The summed E-state index contributed by atoms with van der Waals surface area (Å²) in [5.74, 6) is -1.92. The molecule has 1 rings (SSSR count). The van der Waals surface area contributed by atoms with Gasteiger partial charge in [-0.05, 0) is 20.8 Å². The fourth-order valence-corrected chi connectivity index (χ4v) is 1.89. The summed E-state index contributed by atoms with van der Waals surface area (Å²) >= 11 is 0. The number of nitrogens with one attached hydrogen (secondary N) is 1. The number of urea groups is 1. The van der Waals surface area contributed by atoms with Gasteiger partial charge in [0.25, 0.3) is 5.91 Å². The van der Waals surface area contributed by atoms with Gasteiger partial charge in [-0.3, -0.25) is 19.3 Å². The molecule has 1 fully saturated rings. The number of nitrogens with zero attached hydrogens (tertiary/aromatic N) is 2. The summed E-state index contributed by atoms with van der Waals surface area (Å²) in [6.07, 6.45) is -0.175. The van der Waals surface area contributed by atoms with E-state index >= 15 is 0 Å². The van der Waals surface area contributed by atoms with Crippen LogP contribution in [0.3, 0.4) is 0 Å². The van der Waals surface area contributed by atoms with Gasteiger partial charge in [0.05, 0.1) is 6.42 Å². The minimum atomic E-state index is -1.02. The van der Waals surface area contributed by atoms with Crippen LogP contribution in [0, 0.1) is 0 Å². The normalized spacial score (nSPS) is 17.1. The van der Waals surface area contributed by atoms with E-state index in [1.165, 1.54) is 4.90 Å². The van der Waals surface area contributed by atoms with Crippen molar-refractivity contribution in [2.75, 3.05) is 19.6 Å². The third-order valence-electron chi connectivity index (χ3n) is 3.07. The molecule has 0 radical (unpaired) electrons. The summed E-state index contributed by atoms with van der Waals surface area (Å²) in [7, 11) is 0. The Kier molecular flexibility index (Phi) is 4.69. The molecule has 0 aromatic carbocycles. The first-order chi connectivity index (χ1) is 9.19. The van der Waals surface area contributed by atoms with Gasteiger partial charge in [-0.25, -0.2) is 4.79 Å². The van der Waals surface area contributed by atoms with Crippen molar-refractivity contribution in [2.45, 2.75) is 32.7 Å². The first-order valence-electron chi connectivity index (χ1n) is 6.32. The molecule has 1 heterocycles. The number of hydrogen-bond acceptors (Lipinski definition) is 4. The largest absolute Gasteiger partial charge is 0.481 e. The van der Waals surface area contributed by atoms with Gasteiger partial charge in [0.15, 0.2) is 0 Å². The van der Waals surface area contributed by atoms with Crippen molar-refractivity contribution in [3.05, 3.63) is 0 Å². The molecular weight excluding hydrogens is 266 g/mol. The maximum atomic E-state index is 12.0. The van der Waals surface area contributed by atoms with Gasteiger partial charge in [-0.2, -0.15) is 0 Å². The smallest absolute Gasteiger partial charge is 0.325 e. The second-order valence-electron chi connectivity index (χ2n) is 5.06. The minimum absolute atomic E-state index is 0.0533. The number of carboxylic acid groups (broad SMARTS) is 1. The highest BCUT2D eigenvalue weighted by molar-refractivity contribution is 6.08. The molecule has 0 aromatic heterocycles. The first kappa shape index (κ1) is 15.9. The van der Waals surface area contributed by atoms with Crippen molar-refractivity contribution in [2.24, 2.45) is 0 Å². The first-order valence-corrected chi connectivity index (χ1v) is 6.32. The van der Waals surface area contributed by atoms with Crippen LogP contribution in [-0.2, 0) is 14.4 Å². The SMILES string of the molecule is CCN(CCC(=O)O)C(=O)CN1C(=O)NC(C)(C)C1=O. The number of imide groups is 1. The van der Waals surface area contributed by atoms with Gasteiger partial charge < -0.3 is 15.3 Å². The Hall–Kier alpha value is -2.12. The summed E-state index contributed by atoms with van der Waals surface area (Å²) in [6, 6.07) is -0.609. The molecule has 1 aliphatic heterocycles. The quantitative estimate of drug-likeness (QED) is 0.648. The molecule has 4 amide bonds. The molecule has 0 saturated carbocycles. The van der Waals surface area contributed by atoms with Crippen molar-refractivity contribution in [3.63, 3.8) is 0 Å². The van der Waals surface area contributed by atoms with E-state index in [0.717, 1.165) is 4.90 Å². The molecule has 0 aromatic rings. The molecule has 1 saturated heterocycles. The number of likely N-dealkylation sites (N-methyl/N-ethyl adjacent to an activating group) is 1. The Morgan fingerprint density at radius 3 is 2.35 bits per heavy atom. The number of aliphatic carboxylic acids is 1. The fraction of sp³-hybridized carbons (Fsp3) is 0.667. The van der Waals surface area contributed by atoms with Crippen molar-refractivity contribution in [1.82, 2.24) is 15.1 Å². The van der Waals surface area contributed by atoms with Gasteiger partial charge in [0.1, 0.15) is 12.1 Å². The zero-order valence-electron chi connectivity index (χ0n) is 11.8. The van der Waals surface area contributed by atoms with E-state index in [2.05, 4.69) is 5.32 Å². The summed E-state index contributed by atoms with van der Waals surface area (Å²) in [5.41, 5.74) is -1.02. The molecular formula is C12H19N3O5. The standard InChI is InChI=1S/C12H19N3O5/c1-4-14(6-5-9(17)18)8(16)7-15-10(19)12(2,3)13-11(15)20/h4-7H2,1-3H3,(H,13,20)(H,17,18). The summed E-state index contributed by atoms with van der Waals surface area (Å²) < 4.78 is 0. The van der Waals surface area contributed by atoms with E-state index in [1.54, 1.807) is 20.8 Å². The van der Waals surface area contributed by atoms with Crippen molar-refractivity contribution in [3.8, 4) is 0 Å².